The first-order chi connectivity index (χ1) is 9.34. The Labute approximate surface area is 119 Å². The Bertz CT molecular complexity index is 473. The third kappa shape index (κ3) is 3.93. The summed E-state index contributed by atoms with van der Waals surface area (Å²) in [6.07, 6.45) is 3.45. The number of aliphatic hydroxyl groups excluding tert-OH is 1. The summed E-state index contributed by atoms with van der Waals surface area (Å²) in [5, 5.41) is 12.0. The number of carbonyl (C=O) groups excluding carboxylic acids is 1. The van der Waals surface area contributed by atoms with Crippen molar-refractivity contribution >= 4 is 5.91 Å². The largest absolute Gasteiger partial charge is 0.472 e. The summed E-state index contributed by atoms with van der Waals surface area (Å²) in [5.41, 5.74) is 0.106. The van der Waals surface area contributed by atoms with E-state index < -0.39 is 0 Å². The van der Waals surface area contributed by atoms with Crippen molar-refractivity contribution in [3.63, 3.8) is 0 Å². The summed E-state index contributed by atoms with van der Waals surface area (Å²) in [7, 11) is 0. The van der Waals surface area contributed by atoms with E-state index in [0.717, 1.165) is 12.8 Å². The number of pyridine rings is 1. The molecule has 1 saturated carbocycles. The van der Waals surface area contributed by atoms with Gasteiger partial charge in [0.2, 0.25) is 5.88 Å². The molecule has 0 radical (unpaired) electrons. The number of ether oxygens (including phenoxy) is 1. The number of rotatable bonds is 5. The van der Waals surface area contributed by atoms with Gasteiger partial charge in [0.25, 0.3) is 5.91 Å². The van der Waals surface area contributed by atoms with Gasteiger partial charge in [-0.2, -0.15) is 0 Å². The van der Waals surface area contributed by atoms with Crippen molar-refractivity contribution in [3.8, 4) is 5.88 Å². The van der Waals surface area contributed by atoms with Crippen LogP contribution in [0.25, 0.3) is 0 Å². The predicted octanol–water partition coefficient (Wildman–Crippen LogP) is 1.76. The van der Waals surface area contributed by atoms with Crippen LogP contribution < -0.4 is 10.1 Å². The zero-order valence-corrected chi connectivity index (χ0v) is 12.3. The molecule has 0 atom stereocenters. The number of aromatic nitrogens is 1. The second-order valence-electron chi connectivity index (χ2n) is 6.44. The molecule has 1 aliphatic rings. The second kappa shape index (κ2) is 5.40. The Morgan fingerprint density at radius 3 is 2.60 bits per heavy atom. The third-order valence-corrected chi connectivity index (χ3v) is 3.33. The molecule has 1 aliphatic carbocycles. The Kier molecular flexibility index (Phi) is 3.99. The summed E-state index contributed by atoms with van der Waals surface area (Å²) in [4.78, 5) is 16.1. The van der Waals surface area contributed by atoms with Gasteiger partial charge in [0, 0.05) is 24.2 Å². The van der Waals surface area contributed by atoms with E-state index in [2.05, 4.69) is 10.3 Å². The third-order valence-electron chi connectivity index (χ3n) is 3.33. The lowest BCUT2D eigenvalue weighted by molar-refractivity contribution is 0.0934. The van der Waals surface area contributed by atoms with Gasteiger partial charge in [0.05, 0.1) is 12.2 Å². The van der Waals surface area contributed by atoms with E-state index >= 15 is 0 Å². The van der Waals surface area contributed by atoms with Crippen LogP contribution in [0.5, 0.6) is 5.88 Å². The molecule has 110 valence electrons. The van der Waals surface area contributed by atoms with E-state index in [4.69, 9.17) is 4.74 Å². The molecule has 1 aromatic heterocycles. The maximum absolute atomic E-state index is 12.0. The van der Waals surface area contributed by atoms with Crippen LogP contribution in [0.2, 0.25) is 0 Å². The van der Waals surface area contributed by atoms with E-state index in [9.17, 15) is 9.90 Å². The van der Waals surface area contributed by atoms with E-state index in [0.29, 0.717) is 18.0 Å². The van der Waals surface area contributed by atoms with Gasteiger partial charge in [-0.25, -0.2) is 4.98 Å². The van der Waals surface area contributed by atoms with Crippen molar-refractivity contribution in [2.45, 2.75) is 39.2 Å². The average Bonchev–Trinajstić information content (AvgIpc) is 3.16. The van der Waals surface area contributed by atoms with Crippen molar-refractivity contribution in [1.82, 2.24) is 10.3 Å². The molecule has 1 fully saturated rings. The van der Waals surface area contributed by atoms with Crippen LogP contribution in [0.3, 0.4) is 0 Å². The van der Waals surface area contributed by atoms with Crippen LogP contribution >= 0.6 is 0 Å². The molecule has 5 nitrogen and oxygen atoms in total. The van der Waals surface area contributed by atoms with Gasteiger partial charge in [0.15, 0.2) is 0 Å². The molecule has 0 spiro atoms. The van der Waals surface area contributed by atoms with Gasteiger partial charge in [0.1, 0.15) is 5.60 Å². The van der Waals surface area contributed by atoms with Crippen LogP contribution in [0, 0.1) is 5.41 Å². The molecule has 0 bridgehead atoms. The maximum Gasteiger partial charge on any atom is 0.252 e. The van der Waals surface area contributed by atoms with Gasteiger partial charge in [-0.15, -0.1) is 0 Å². The first-order valence-electron chi connectivity index (χ1n) is 6.88. The number of aliphatic hydroxyl groups is 1. The van der Waals surface area contributed by atoms with E-state index in [1.807, 2.05) is 20.8 Å². The minimum Gasteiger partial charge on any atom is -0.472 e. The summed E-state index contributed by atoms with van der Waals surface area (Å²) in [6, 6.07) is 3.39. The van der Waals surface area contributed by atoms with Crippen molar-refractivity contribution < 1.29 is 14.6 Å². The molecule has 1 amide bonds. The fourth-order valence-electron chi connectivity index (χ4n) is 1.83. The van der Waals surface area contributed by atoms with E-state index in [1.165, 1.54) is 6.20 Å². The molecule has 20 heavy (non-hydrogen) atoms. The molecule has 5 heteroatoms. The Hall–Kier alpha value is -1.62. The van der Waals surface area contributed by atoms with Crippen molar-refractivity contribution in [2.24, 2.45) is 5.41 Å². The SMILES string of the molecule is CC(C)(C)Oc1ccc(C(=O)NCC2(CO)CC2)cn1. The van der Waals surface area contributed by atoms with Crippen molar-refractivity contribution in [3.05, 3.63) is 23.9 Å². The van der Waals surface area contributed by atoms with Crippen LogP contribution in [0.4, 0.5) is 0 Å². The molecule has 2 rings (SSSR count). The van der Waals surface area contributed by atoms with Gasteiger partial charge in [-0.3, -0.25) is 4.79 Å². The number of hydrogen-bond donors (Lipinski definition) is 2. The quantitative estimate of drug-likeness (QED) is 0.861. The zero-order valence-electron chi connectivity index (χ0n) is 12.3. The number of nitrogens with one attached hydrogen (secondary N) is 1. The highest BCUT2D eigenvalue weighted by molar-refractivity contribution is 5.93. The molecular weight excluding hydrogens is 256 g/mol. The first-order valence-corrected chi connectivity index (χ1v) is 6.88. The topological polar surface area (TPSA) is 71.5 Å². The van der Waals surface area contributed by atoms with Gasteiger partial charge in [-0.05, 0) is 39.7 Å². The minimum absolute atomic E-state index is 0.0849. The fourth-order valence-corrected chi connectivity index (χ4v) is 1.83. The Morgan fingerprint density at radius 2 is 2.15 bits per heavy atom. The Balaban J connectivity index is 1.90. The standard InChI is InChI=1S/C15H22N2O3/c1-14(2,3)20-12-5-4-11(8-16-12)13(19)17-9-15(10-18)6-7-15/h4-5,8,18H,6-7,9-10H2,1-3H3,(H,17,19). The smallest absolute Gasteiger partial charge is 0.252 e. The van der Waals surface area contributed by atoms with E-state index in [1.54, 1.807) is 12.1 Å². The monoisotopic (exact) mass is 278 g/mol. The number of carbonyl (C=O) groups is 1. The van der Waals surface area contributed by atoms with Crippen molar-refractivity contribution in [1.29, 1.82) is 0 Å². The second-order valence-corrected chi connectivity index (χ2v) is 6.44. The Morgan fingerprint density at radius 1 is 1.45 bits per heavy atom. The molecule has 0 unspecified atom stereocenters. The summed E-state index contributed by atoms with van der Waals surface area (Å²) < 4.78 is 5.60. The van der Waals surface area contributed by atoms with Gasteiger partial charge in [-0.1, -0.05) is 0 Å². The van der Waals surface area contributed by atoms with Gasteiger partial charge >= 0.3 is 0 Å². The lowest BCUT2D eigenvalue weighted by atomic mass is 10.1. The molecule has 0 aliphatic heterocycles. The van der Waals surface area contributed by atoms with Crippen LogP contribution in [-0.2, 0) is 0 Å². The normalized spacial score (nSPS) is 16.6. The lowest BCUT2D eigenvalue weighted by Crippen LogP contribution is -2.32. The van der Waals surface area contributed by atoms with Crippen LogP contribution in [0.15, 0.2) is 18.3 Å². The van der Waals surface area contributed by atoms with Crippen LogP contribution in [-0.4, -0.2) is 34.8 Å². The average molecular weight is 278 g/mol. The zero-order chi connectivity index (χ0) is 14.8. The number of amides is 1. The summed E-state index contributed by atoms with van der Waals surface area (Å²) >= 11 is 0. The first kappa shape index (κ1) is 14.8. The molecular formula is C15H22N2O3. The molecule has 0 aromatic carbocycles. The van der Waals surface area contributed by atoms with Crippen LogP contribution in [0.1, 0.15) is 44.0 Å². The highest BCUT2D eigenvalue weighted by atomic mass is 16.5. The maximum atomic E-state index is 12.0. The highest BCUT2D eigenvalue weighted by Crippen LogP contribution is 2.44. The lowest BCUT2D eigenvalue weighted by Gasteiger charge is -2.20. The van der Waals surface area contributed by atoms with Gasteiger partial charge < -0.3 is 15.2 Å². The number of nitrogens with zero attached hydrogens (tertiary/aromatic N) is 1. The fraction of sp³-hybridized carbons (Fsp3) is 0.600. The summed E-state index contributed by atoms with van der Waals surface area (Å²) in [6.45, 7) is 6.48. The predicted molar refractivity (Wildman–Crippen MR) is 75.7 cm³/mol. The number of hydrogen-bond acceptors (Lipinski definition) is 4. The minimum atomic E-state index is -0.309. The summed E-state index contributed by atoms with van der Waals surface area (Å²) in [5.74, 6) is 0.336. The highest BCUT2D eigenvalue weighted by Gasteiger charge is 2.42. The molecule has 2 N–H and O–H groups in total. The molecule has 0 saturated heterocycles. The molecule has 1 aromatic rings. The van der Waals surface area contributed by atoms with E-state index in [-0.39, 0.29) is 23.5 Å². The molecule has 1 heterocycles. The van der Waals surface area contributed by atoms with Crippen molar-refractivity contribution in [2.75, 3.05) is 13.2 Å².